The summed E-state index contributed by atoms with van der Waals surface area (Å²) in [5.74, 6) is 1.32. The quantitative estimate of drug-likeness (QED) is 0.922. The Morgan fingerprint density at radius 1 is 1.41 bits per heavy atom. The smallest absolute Gasteiger partial charge is 0.257 e. The molecule has 0 radical (unpaired) electrons. The van der Waals surface area contributed by atoms with Crippen LogP contribution >= 0.6 is 27.3 Å². The molecular weight excluding hydrogens is 302 g/mol. The Bertz CT molecular complexity index is 506. The van der Waals surface area contributed by atoms with Gasteiger partial charge < -0.3 is 9.73 Å². The average Bonchev–Trinajstić information content (AvgIpc) is 2.85. The first-order valence-corrected chi connectivity index (χ1v) is 7.24. The fraction of sp³-hybridized carbons (Fsp3) is 0.455. The second-order valence-electron chi connectivity index (χ2n) is 4.08. The van der Waals surface area contributed by atoms with Crippen LogP contribution < -0.4 is 5.32 Å². The Morgan fingerprint density at radius 2 is 2.29 bits per heavy atom. The highest BCUT2D eigenvalue weighted by molar-refractivity contribution is 9.11. The molecule has 6 heteroatoms. The lowest BCUT2D eigenvalue weighted by Gasteiger charge is -1.97. The van der Waals surface area contributed by atoms with Crippen LogP contribution in [0.1, 0.15) is 18.7 Å². The normalized spacial score (nSPS) is 15.4. The second-order valence-corrected chi connectivity index (χ2v) is 6.55. The van der Waals surface area contributed by atoms with E-state index in [1.165, 1.54) is 12.8 Å². The fourth-order valence-electron chi connectivity index (χ4n) is 1.55. The molecule has 0 unspecified atom stereocenters. The van der Waals surface area contributed by atoms with Gasteiger partial charge in [-0.15, -0.1) is 21.5 Å². The van der Waals surface area contributed by atoms with Crippen LogP contribution in [0.4, 0.5) is 0 Å². The molecule has 1 aliphatic carbocycles. The van der Waals surface area contributed by atoms with Gasteiger partial charge in [-0.2, -0.15) is 0 Å². The molecule has 0 atom stereocenters. The molecule has 2 heterocycles. The number of hydrogen-bond donors (Lipinski definition) is 1. The molecule has 2 aromatic rings. The topological polar surface area (TPSA) is 51.0 Å². The summed E-state index contributed by atoms with van der Waals surface area (Å²) in [6.07, 6.45) is 3.41. The van der Waals surface area contributed by atoms with Gasteiger partial charge in [-0.1, -0.05) is 0 Å². The lowest BCUT2D eigenvalue weighted by Crippen LogP contribution is -2.19. The van der Waals surface area contributed by atoms with Gasteiger partial charge in [0.2, 0.25) is 5.89 Å². The molecule has 0 spiro atoms. The third-order valence-electron chi connectivity index (χ3n) is 2.60. The molecule has 0 aliphatic heterocycles. The Hall–Kier alpha value is -0.720. The molecule has 3 rings (SSSR count). The molecule has 90 valence electrons. The minimum Gasteiger partial charge on any atom is -0.420 e. The van der Waals surface area contributed by atoms with Gasteiger partial charge in [0, 0.05) is 19.0 Å². The largest absolute Gasteiger partial charge is 0.420 e. The molecule has 0 bridgehead atoms. The van der Waals surface area contributed by atoms with Crippen LogP contribution in [0.25, 0.3) is 10.8 Å². The lowest BCUT2D eigenvalue weighted by atomic mass is 10.4. The van der Waals surface area contributed by atoms with Crippen molar-refractivity contribution in [1.82, 2.24) is 15.5 Å². The zero-order valence-electron chi connectivity index (χ0n) is 9.15. The number of nitrogens with one attached hydrogen (secondary N) is 1. The van der Waals surface area contributed by atoms with Crippen molar-refractivity contribution in [3.8, 4) is 10.8 Å². The van der Waals surface area contributed by atoms with E-state index in [0.29, 0.717) is 11.8 Å². The molecule has 1 fully saturated rings. The lowest BCUT2D eigenvalue weighted by molar-refractivity contribution is 0.495. The molecule has 1 saturated carbocycles. The van der Waals surface area contributed by atoms with Crippen LogP contribution in [0, 0.1) is 0 Å². The van der Waals surface area contributed by atoms with E-state index in [9.17, 15) is 0 Å². The van der Waals surface area contributed by atoms with Crippen molar-refractivity contribution >= 4 is 27.3 Å². The maximum absolute atomic E-state index is 5.61. The van der Waals surface area contributed by atoms with Crippen molar-refractivity contribution in [3.63, 3.8) is 0 Å². The highest BCUT2D eigenvalue weighted by Crippen LogP contribution is 2.30. The molecule has 0 amide bonds. The third-order valence-corrected chi connectivity index (χ3v) is 4.21. The first-order valence-electron chi connectivity index (χ1n) is 5.63. The second kappa shape index (κ2) is 4.88. The SMILES string of the molecule is Brc1ccc(-c2nnc(CCNC3CC3)o2)s1. The number of rotatable bonds is 5. The van der Waals surface area contributed by atoms with Crippen LogP contribution in [0.5, 0.6) is 0 Å². The van der Waals surface area contributed by atoms with Crippen molar-refractivity contribution in [2.75, 3.05) is 6.54 Å². The number of halogens is 1. The van der Waals surface area contributed by atoms with Gasteiger partial charge in [0.05, 0.1) is 8.66 Å². The summed E-state index contributed by atoms with van der Waals surface area (Å²) in [4.78, 5) is 1.01. The molecule has 17 heavy (non-hydrogen) atoms. The molecule has 1 aliphatic rings. The highest BCUT2D eigenvalue weighted by atomic mass is 79.9. The van der Waals surface area contributed by atoms with Gasteiger partial charge >= 0.3 is 0 Å². The van der Waals surface area contributed by atoms with Crippen LogP contribution in [0.3, 0.4) is 0 Å². The van der Waals surface area contributed by atoms with E-state index in [4.69, 9.17) is 4.42 Å². The van der Waals surface area contributed by atoms with E-state index in [1.807, 2.05) is 12.1 Å². The molecule has 0 aromatic carbocycles. The van der Waals surface area contributed by atoms with E-state index in [-0.39, 0.29) is 0 Å². The summed E-state index contributed by atoms with van der Waals surface area (Å²) in [6, 6.07) is 4.69. The van der Waals surface area contributed by atoms with Gasteiger partial charge in [0.15, 0.2) is 0 Å². The maximum Gasteiger partial charge on any atom is 0.257 e. The molecular formula is C11H12BrN3OS. The zero-order valence-corrected chi connectivity index (χ0v) is 11.6. The first-order chi connectivity index (χ1) is 8.31. The molecule has 1 N–H and O–H groups in total. The highest BCUT2D eigenvalue weighted by Gasteiger charge is 2.20. The maximum atomic E-state index is 5.61. The van der Waals surface area contributed by atoms with Crippen LogP contribution in [0.15, 0.2) is 20.3 Å². The number of nitrogens with zero attached hydrogens (tertiary/aromatic N) is 2. The summed E-state index contributed by atoms with van der Waals surface area (Å²) in [5.41, 5.74) is 0. The Morgan fingerprint density at radius 3 is 3.00 bits per heavy atom. The monoisotopic (exact) mass is 313 g/mol. The van der Waals surface area contributed by atoms with Crippen LogP contribution in [-0.2, 0) is 6.42 Å². The Balaban J connectivity index is 1.61. The number of hydrogen-bond acceptors (Lipinski definition) is 5. The first kappa shape index (κ1) is 11.4. The summed E-state index contributed by atoms with van der Waals surface area (Å²) in [7, 11) is 0. The predicted octanol–water partition coefficient (Wildman–Crippen LogP) is 2.86. The predicted molar refractivity (Wildman–Crippen MR) is 70.0 cm³/mol. The van der Waals surface area contributed by atoms with Crippen molar-refractivity contribution < 1.29 is 4.42 Å². The van der Waals surface area contributed by atoms with Gasteiger partial charge in [-0.05, 0) is 40.9 Å². The Kier molecular flexibility index (Phi) is 3.26. The summed E-state index contributed by atoms with van der Waals surface area (Å²) < 4.78 is 6.68. The minimum absolute atomic E-state index is 0.613. The van der Waals surface area contributed by atoms with E-state index in [0.717, 1.165) is 27.7 Å². The average molecular weight is 314 g/mol. The van der Waals surface area contributed by atoms with Crippen molar-refractivity contribution in [1.29, 1.82) is 0 Å². The van der Waals surface area contributed by atoms with Gasteiger partial charge in [0.25, 0.3) is 5.89 Å². The number of aromatic nitrogens is 2. The summed E-state index contributed by atoms with van der Waals surface area (Å²) in [6.45, 7) is 0.917. The van der Waals surface area contributed by atoms with E-state index >= 15 is 0 Å². The molecule has 0 saturated heterocycles. The van der Waals surface area contributed by atoms with E-state index in [1.54, 1.807) is 11.3 Å². The minimum atomic E-state index is 0.613. The van der Waals surface area contributed by atoms with E-state index in [2.05, 4.69) is 31.4 Å². The van der Waals surface area contributed by atoms with Gasteiger partial charge in [0.1, 0.15) is 0 Å². The Labute approximate surface area is 112 Å². The number of thiophene rings is 1. The van der Waals surface area contributed by atoms with Crippen molar-refractivity contribution in [2.45, 2.75) is 25.3 Å². The van der Waals surface area contributed by atoms with Crippen LogP contribution in [-0.4, -0.2) is 22.8 Å². The standard InChI is InChI=1S/C11H12BrN3OS/c12-9-4-3-8(17-9)11-15-14-10(16-11)5-6-13-7-1-2-7/h3-4,7,13H,1-2,5-6H2. The summed E-state index contributed by atoms with van der Waals surface area (Å²) >= 11 is 5.02. The van der Waals surface area contributed by atoms with Gasteiger partial charge in [-0.3, -0.25) is 0 Å². The van der Waals surface area contributed by atoms with Crippen LogP contribution in [0.2, 0.25) is 0 Å². The van der Waals surface area contributed by atoms with Gasteiger partial charge in [-0.25, -0.2) is 0 Å². The summed E-state index contributed by atoms with van der Waals surface area (Å²) in [5, 5.41) is 11.5. The fourth-order valence-corrected chi connectivity index (χ4v) is 2.86. The molecule has 2 aromatic heterocycles. The molecule has 4 nitrogen and oxygen atoms in total. The van der Waals surface area contributed by atoms with E-state index < -0.39 is 0 Å². The van der Waals surface area contributed by atoms with Crippen molar-refractivity contribution in [3.05, 3.63) is 21.8 Å². The third kappa shape index (κ3) is 2.94. The van der Waals surface area contributed by atoms with Crippen molar-refractivity contribution in [2.24, 2.45) is 0 Å². The zero-order chi connectivity index (χ0) is 11.7.